The van der Waals surface area contributed by atoms with E-state index in [4.69, 9.17) is 9.47 Å². The number of esters is 1. The van der Waals surface area contributed by atoms with Gasteiger partial charge in [0, 0.05) is 13.1 Å². The first-order chi connectivity index (χ1) is 17.0. The minimum Gasteiger partial charge on any atom is -0.459 e. The average Bonchev–Trinajstić information content (AvgIpc) is 3.24. The number of hydrogen-bond acceptors (Lipinski definition) is 6. The van der Waals surface area contributed by atoms with Gasteiger partial charge in [0.15, 0.2) is 0 Å². The predicted molar refractivity (Wildman–Crippen MR) is 134 cm³/mol. The zero-order valence-electron chi connectivity index (χ0n) is 21.7. The van der Waals surface area contributed by atoms with E-state index in [0.717, 1.165) is 5.56 Å². The molecule has 1 aromatic carbocycles. The van der Waals surface area contributed by atoms with Gasteiger partial charge in [-0.05, 0) is 58.9 Å². The summed E-state index contributed by atoms with van der Waals surface area (Å²) < 4.78 is 10.9. The van der Waals surface area contributed by atoms with Gasteiger partial charge in [0.05, 0.1) is 0 Å². The third-order valence-corrected chi connectivity index (χ3v) is 6.46. The summed E-state index contributed by atoms with van der Waals surface area (Å²) in [5.74, 6) is -1.24. The average molecular weight is 500 g/mol. The Hall–Kier alpha value is -3.36. The van der Waals surface area contributed by atoms with Crippen molar-refractivity contribution < 1.29 is 28.7 Å². The van der Waals surface area contributed by atoms with Gasteiger partial charge in [0.25, 0.3) is 0 Å². The van der Waals surface area contributed by atoms with Crippen LogP contribution < -0.4 is 5.32 Å². The molecule has 1 saturated heterocycles. The molecule has 196 valence electrons. The molecule has 36 heavy (non-hydrogen) atoms. The Kier molecular flexibility index (Phi) is 8.76. The second-order valence-electron chi connectivity index (χ2n) is 10.4. The first-order valence-corrected chi connectivity index (χ1v) is 12.4. The summed E-state index contributed by atoms with van der Waals surface area (Å²) in [6, 6.07) is 6.84. The fourth-order valence-electron chi connectivity index (χ4n) is 4.35. The number of amides is 3. The monoisotopic (exact) mass is 499 g/mol. The molecule has 0 spiro atoms. The van der Waals surface area contributed by atoms with Gasteiger partial charge >= 0.3 is 12.1 Å². The number of carbonyl (C=O) groups excluding carboxylic acids is 4. The van der Waals surface area contributed by atoms with Crippen LogP contribution in [0.5, 0.6) is 0 Å². The second kappa shape index (κ2) is 11.6. The molecule has 0 bridgehead atoms. The van der Waals surface area contributed by atoms with Crippen molar-refractivity contribution in [1.82, 2.24) is 15.1 Å². The van der Waals surface area contributed by atoms with Crippen LogP contribution in [0.15, 0.2) is 42.5 Å². The van der Waals surface area contributed by atoms with Crippen molar-refractivity contribution in [3.63, 3.8) is 0 Å². The molecule has 3 amide bonds. The topological polar surface area (TPSA) is 105 Å². The molecule has 1 aromatic rings. The van der Waals surface area contributed by atoms with Crippen LogP contribution in [0.3, 0.4) is 0 Å². The van der Waals surface area contributed by atoms with Crippen LogP contribution >= 0.6 is 0 Å². The van der Waals surface area contributed by atoms with Gasteiger partial charge in [-0.3, -0.25) is 14.5 Å². The number of benzene rings is 1. The SMILES string of the molecule is C[C@@H](C(=O)N[C@H]1CC=CC[C@H]2CC[C@@H](C(=O)OCc3ccccc3)N2C1=O)N(C)C(=O)OC(C)(C)C. The minimum absolute atomic E-state index is 0.135. The lowest BCUT2D eigenvalue weighted by atomic mass is 10.0. The molecule has 9 nitrogen and oxygen atoms in total. The lowest BCUT2D eigenvalue weighted by Gasteiger charge is -2.34. The number of likely N-dealkylation sites (N-methyl/N-ethyl adjacent to an activating group) is 1. The smallest absolute Gasteiger partial charge is 0.410 e. The van der Waals surface area contributed by atoms with E-state index in [1.54, 1.807) is 32.6 Å². The highest BCUT2D eigenvalue weighted by molar-refractivity contribution is 5.93. The van der Waals surface area contributed by atoms with Gasteiger partial charge in [0.2, 0.25) is 11.8 Å². The van der Waals surface area contributed by atoms with Crippen molar-refractivity contribution in [2.75, 3.05) is 7.05 Å². The highest BCUT2D eigenvalue weighted by Gasteiger charge is 2.44. The minimum atomic E-state index is -0.858. The summed E-state index contributed by atoms with van der Waals surface area (Å²) >= 11 is 0. The summed E-state index contributed by atoms with van der Waals surface area (Å²) in [7, 11) is 1.48. The fourth-order valence-corrected chi connectivity index (χ4v) is 4.35. The Bertz CT molecular complexity index is 987. The van der Waals surface area contributed by atoms with E-state index in [1.165, 1.54) is 11.9 Å². The number of rotatable bonds is 6. The van der Waals surface area contributed by atoms with E-state index in [2.05, 4.69) is 5.32 Å². The Morgan fingerprint density at radius 2 is 1.78 bits per heavy atom. The van der Waals surface area contributed by atoms with Crippen molar-refractivity contribution in [3.8, 4) is 0 Å². The van der Waals surface area contributed by atoms with Crippen molar-refractivity contribution in [3.05, 3.63) is 48.0 Å². The standard InChI is InChI=1S/C27H37N3O6/c1-18(29(5)26(34)36-27(2,3)4)23(31)28-21-14-10-9-13-20-15-16-22(30(20)24(21)32)25(33)35-17-19-11-7-6-8-12-19/h6-12,18,20-22H,13-17H2,1-5H3,(H,28,31)/t18-,20-,21-,22-/m0/s1. The Labute approximate surface area is 212 Å². The molecular formula is C27H37N3O6. The van der Waals surface area contributed by atoms with Crippen LogP contribution in [0.4, 0.5) is 4.79 Å². The number of ether oxygens (including phenoxy) is 2. The van der Waals surface area contributed by atoms with Crippen molar-refractivity contribution in [1.29, 1.82) is 0 Å². The molecule has 0 saturated carbocycles. The highest BCUT2D eigenvalue weighted by Crippen LogP contribution is 2.30. The van der Waals surface area contributed by atoms with Crippen molar-refractivity contribution in [2.24, 2.45) is 0 Å². The predicted octanol–water partition coefficient (Wildman–Crippen LogP) is 3.18. The third-order valence-electron chi connectivity index (χ3n) is 6.46. The normalized spacial score (nSPS) is 22.6. The maximum absolute atomic E-state index is 13.6. The molecule has 2 aliphatic heterocycles. The zero-order chi connectivity index (χ0) is 26.5. The molecule has 0 unspecified atom stereocenters. The van der Waals surface area contributed by atoms with Gasteiger partial charge in [-0.25, -0.2) is 9.59 Å². The first kappa shape index (κ1) is 27.2. The first-order valence-electron chi connectivity index (χ1n) is 12.4. The largest absolute Gasteiger partial charge is 0.459 e. The van der Waals surface area contributed by atoms with Crippen LogP contribution in [0, 0.1) is 0 Å². The maximum atomic E-state index is 13.6. The van der Waals surface area contributed by atoms with Crippen LogP contribution in [-0.4, -0.2) is 70.5 Å². The van der Waals surface area contributed by atoms with E-state index in [0.29, 0.717) is 25.7 Å². The molecule has 2 heterocycles. The molecule has 0 aliphatic carbocycles. The molecule has 9 heteroatoms. The highest BCUT2D eigenvalue weighted by atomic mass is 16.6. The molecule has 0 aromatic heterocycles. The van der Waals surface area contributed by atoms with E-state index in [-0.39, 0.29) is 18.6 Å². The van der Waals surface area contributed by atoms with E-state index < -0.39 is 41.7 Å². The van der Waals surface area contributed by atoms with Crippen LogP contribution in [0.2, 0.25) is 0 Å². The number of nitrogens with one attached hydrogen (secondary N) is 1. The van der Waals surface area contributed by atoms with E-state index >= 15 is 0 Å². The fraction of sp³-hybridized carbons (Fsp3) is 0.556. The summed E-state index contributed by atoms with van der Waals surface area (Å²) in [4.78, 5) is 54.7. The molecule has 2 aliphatic rings. The van der Waals surface area contributed by atoms with Crippen LogP contribution in [0.25, 0.3) is 0 Å². The number of fused-ring (bicyclic) bond motifs is 1. The quantitative estimate of drug-likeness (QED) is 0.476. The van der Waals surface area contributed by atoms with Gasteiger partial charge in [-0.1, -0.05) is 42.5 Å². The Balaban J connectivity index is 1.67. The second-order valence-corrected chi connectivity index (χ2v) is 10.4. The summed E-state index contributed by atoms with van der Waals surface area (Å²) in [5.41, 5.74) is 0.173. The van der Waals surface area contributed by atoms with E-state index in [1.807, 2.05) is 42.5 Å². The van der Waals surface area contributed by atoms with Gasteiger partial charge in [0.1, 0.15) is 30.3 Å². The Morgan fingerprint density at radius 3 is 2.44 bits per heavy atom. The Morgan fingerprint density at radius 1 is 1.11 bits per heavy atom. The molecule has 4 atom stereocenters. The van der Waals surface area contributed by atoms with Gasteiger partial charge in [-0.15, -0.1) is 0 Å². The molecule has 1 fully saturated rings. The summed E-state index contributed by atoms with van der Waals surface area (Å²) in [6.07, 6.45) is 5.36. The molecule has 0 radical (unpaired) electrons. The third kappa shape index (κ3) is 6.86. The van der Waals surface area contributed by atoms with Crippen molar-refractivity contribution >= 4 is 23.9 Å². The zero-order valence-corrected chi connectivity index (χ0v) is 21.7. The summed E-state index contributed by atoms with van der Waals surface area (Å²) in [6.45, 7) is 6.95. The molecular weight excluding hydrogens is 462 g/mol. The number of hydrogen-bond donors (Lipinski definition) is 1. The van der Waals surface area contributed by atoms with E-state index in [9.17, 15) is 19.2 Å². The van der Waals surface area contributed by atoms with Crippen LogP contribution in [-0.2, 0) is 30.5 Å². The van der Waals surface area contributed by atoms with Crippen LogP contribution in [0.1, 0.15) is 58.9 Å². The lowest BCUT2D eigenvalue weighted by Crippen LogP contribution is -2.57. The number of carbonyl (C=O) groups is 4. The lowest BCUT2D eigenvalue weighted by molar-refractivity contribution is -0.156. The number of nitrogens with zero attached hydrogens (tertiary/aromatic N) is 2. The van der Waals surface area contributed by atoms with Crippen molar-refractivity contribution in [2.45, 2.75) is 89.8 Å². The molecule has 3 rings (SSSR count). The van der Waals surface area contributed by atoms with Gasteiger partial charge in [-0.2, -0.15) is 0 Å². The van der Waals surface area contributed by atoms with Gasteiger partial charge < -0.3 is 19.7 Å². The maximum Gasteiger partial charge on any atom is 0.410 e. The summed E-state index contributed by atoms with van der Waals surface area (Å²) in [5, 5.41) is 2.78. The molecule has 1 N–H and O–H groups in total.